The van der Waals surface area contributed by atoms with Crippen molar-refractivity contribution in [2.24, 2.45) is 5.92 Å². The summed E-state index contributed by atoms with van der Waals surface area (Å²) in [6.07, 6.45) is 7.62. The lowest BCUT2D eigenvalue weighted by molar-refractivity contribution is -0.127. The average molecular weight is 378 g/mol. The molecule has 0 spiro atoms. The van der Waals surface area contributed by atoms with Crippen LogP contribution in [0.25, 0.3) is 0 Å². The summed E-state index contributed by atoms with van der Waals surface area (Å²) in [5.41, 5.74) is 0. The quantitative estimate of drug-likeness (QED) is 0.801. The SMILES string of the molecule is CC(NC(=O)CN1CCC(NC(=O)C2CCCCC2)CC1)c1cccs1. The minimum atomic E-state index is 0.0646. The molecule has 6 heteroatoms. The lowest BCUT2D eigenvalue weighted by Crippen LogP contribution is -2.48. The monoisotopic (exact) mass is 377 g/mol. The Kier molecular flexibility index (Phi) is 7.08. The fourth-order valence-corrected chi connectivity index (χ4v) is 4.75. The van der Waals surface area contributed by atoms with Crippen molar-refractivity contribution < 1.29 is 9.59 Å². The molecule has 2 heterocycles. The summed E-state index contributed by atoms with van der Waals surface area (Å²) in [6.45, 7) is 4.21. The second-order valence-corrected chi connectivity index (χ2v) is 8.68. The Labute approximate surface area is 160 Å². The molecule has 1 unspecified atom stereocenters. The predicted octanol–water partition coefficient (Wildman–Crippen LogP) is 3.09. The predicted molar refractivity (Wildman–Crippen MR) is 105 cm³/mol. The van der Waals surface area contributed by atoms with Crippen molar-refractivity contribution >= 4 is 23.2 Å². The van der Waals surface area contributed by atoms with Gasteiger partial charge in [0.25, 0.3) is 0 Å². The number of carbonyl (C=O) groups is 2. The van der Waals surface area contributed by atoms with Crippen molar-refractivity contribution in [1.82, 2.24) is 15.5 Å². The van der Waals surface area contributed by atoms with Crippen molar-refractivity contribution in [3.8, 4) is 0 Å². The lowest BCUT2D eigenvalue weighted by Gasteiger charge is -2.33. The first-order valence-electron chi connectivity index (χ1n) is 9.97. The van der Waals surface area contributed by atoms with E-state index >= 15 is 0 Å². The largest absolute Gasteiger partial charge is 0.353 e. The molecule has 5 nitrogen and oxygen atoms in total. The van der Waals surface area contributed by atoms with Crippen LogP contribution in [0.15, 0.2) is 17.5 Å². The molecule has 2 aliphatic rings. The molecule has 1 aliphatic heterocycles. The number of nitrogens with zero attached hydrogens (tertiary/aromatic N) is 1. The molecule has 144 valence electrons. The highest BCUT2D eigenvalue weighted by Crippen LogP contribution is 2.24. The van der Waals surface area contributed by atoms with Gasteiger partial charge in [-0.1, -0.05) is 25.3 Å². The molecule has 2 fully saturated rings. The summed E-state index contributed by atoms with van der Waals surface area (Å²) >= 11 is 1.67. The molecule has 1 saturated heterocycles. The van der Waals surface area contributed by atoms with E-state index in [1.165, 1.54) is 24.1 Å². The molecule has 1 saturated carbocycles. The molecule has 1 aromatic rings. The van der Waals surface area contributed by atoms with Gasteiger partial charge in [-0.15, -0.1) is 11.3 Å². The van der Waals surface area contributed by atoms with Crippen LogP contribution in [-0.4, -0.2) is 42.4 Å². The maximum absolute atomic E-state index is 12.4. The number of carbonyl (C=O) groups excluding carboxylic acids is 2. The zero-order valence-electron chi connectivity index (χ0n) is 15.7. The summed E-state index contributed by atoms with van der Waals surface area (Å²) in [4.78, 5) is 28.0. The Morgan fingerprint density at radius 2 is 1.92 bits per heavy atom. The van der Waals surface area contributed by atoms with E-state index in [0.717, 1.165) is 38.8 Å². The number of hydrogen-bond donors (Lipinski definition) is 2. The van der Waals surface area contributed by atoms with Gasteiger partial charge in [0.1, 0.15) is 0 Å². The second kappa shape index (κ2) is 9.51. The standard InChI is InChI=1S/C20H31N3O2S/c1-15(18-8-5-13-26-18)21-19(24)14-23-11-9-17(10-12-23)22-20(25)16-6-3-2-4-7-16/h5,8,13,15-17H,2-4,6-7,9-12,14H2,1H3,(H,21,24)(H,22,25). The molecule has 1 aromatic heterocycles. The van der Waals surface area contributed by atoms with Gasteiger partial charge in [-0.3, -0.25) is 14.5 Å². The first-order valence-corrected chi connectivity index (χ1v) is 10.9. The van der Waals surface area contributed by atoms with Gasteiger partial charge in [0, 0.05) is 29.9 Å². The van der Waals surface area contributed by atoms with Crippen LogP contribution in [0.4, 0.5) is 0 Å². The lowest BCUT2D eigenvalue weighted by atomic mass is 9.88. The summed E-state index contributed by atoms with van der Waals surface area (Å²) in [5.74, 6) is 0.563. The average Bonchev–Trinajstić information content (AvgIpc) is 3.19. The highest BCUT2D eigenvalue weighted by molar-refractivity contribution is 7.10. The van der Waals surface area contributed by atoms with Crippen LogP contribution in [0, 0.1) is 5.92 Å². The molecule has 2 amide bonds. The number of hydrogen-bond acceptors (Lipinski definition) is 4. The molecule has 0 radical (unpaired) electrons. The second-order valence-electron chi connectivity index (χ2n) is 7.70. The number of likely N-dealkylation sites (tertiary alicyclic amines) is 1. The minimum absolute atomic E-state index is 0.0646. The van der Waals surface area contributed by atoms with E-state index in [4.69, 9.17) is 0 Å². The van der Waals surface area contributed by atoms with E-state index in [0.29, 0.717) is 6.54 Å². The maximum Gasteiger partial charge on any atom is 0.234 e. The summed E-state index contributed by atoms with van der Waals surface area (Å²) in [5, 5.41) is 8.36. The van der Waals surface area contributed by atoms with Crippen molar-refractivity contribution in [2.45, 2.75) is 64.0 Å². The molecular formula is C20H31N3O2S. The summed E-state index contributed by atoms with van der Waals surface area (Å²) < 4.78 is 0. The normalized spacial score (nSPS) is 21.3. The van der Waals surface area contributed by atoms with Gasteiger partial charge in [0.15, 0.2) is 0 Å². The summed E-state index contributed by atoms with van der Waals surface area (Å²) in [6, 6.07) is 4.40. The first-order chi connectivity index (χ1) is 12.6. The van der Waals surface area contributed by atoms with Crippen molar-refractivity contribution in [3.63, 3.8) is 0 Å². The molecule has 26 heavy (non-hydrogen) atoms. The third kappa shape index (κ3) is 5.55. The van der Waals surface area contributed by atoms with Crippen LogP contribution in [-0.2, 0) is 9.59 Å². The Morgan fingerprint density at radius 3 is 2.58 bits per heavy atom. The van der Waals surface area contributed by atoms with E-state index in [9.17, 15) is 9.59 Å². The molecular weight excluding hydrogens is 346 g/mol. The Balaban J connectivity index is 1.35. The Hall–Kier alpha value is -1.40. The van der Waals surface area contributed by atoms with Gasteiger partial charge in [0.05, 0.1) is 12.6 Å². The number of amides is 2. The molecule has 1 aliphatic carbocycles. The topological polar surface area (TPSA) is 61.4 Å². The van der Waals surface area contributed by atoms with Crippen LogP contribution in [0.3, 0.4) is 0 Å². The van der Waals surface area contributed by atoms with Crippen molar-refractivity contribution in [2.75, 3.05) is 19.6 Å². The highest BCUT2D eigenvalue weighted by Gasteiger charge is 2.26. The van der Waals surface area contributed by atoms with Crippen molar-refractivity contribution in [3.05, 3.63) is 22.4 Å². The Morgan fingerprint density at radius 1 is 1.19 bits per heavy atom. The molecule has 2 N–H and O–H groups in total. The molecule has 3 rings (SSSR count). The number of rotatable bonds is 6. The van der Waals surface area contributed by atoms with Crippen molar-refractivity contribution in [1.29, 1.82) is 0 Å². The van der Waals surface area contributed by atoms with Gasteiger partial charge in [-0.25, -0.2) is 0 Å². The third-order valence-corrected chi connectivity index (χ3v) is 6.68. The van der Waals surface area contributed by atoms with Crippen LogP contribution >= 0.6 is 11.3 Å². The zero-order chi connectivity index (χ0) is 18.4. The highest BCUT2D eigenvalue weighted by atomic mass is 32.1. The first kappa shape index (κ1) is 19.4. The van der Waals surface area contributed by atoms with E-state index in [2.05, 4.69) is 21.6 Å². The third-order valence-electron chi connectivity index (χ3n) is 5.62. The fraction of sp³-hybridized carbons (Fsp3) is 0.700. The van der Waals surface area contributed by atoms with Gasteiger partial charge in [-0.05, 0) is 44.1 Å². The maximum atomic E-state index is 12.4. The van der Waals surface area contributed by atoms with E-state index in [1.54, 1.807) is 11.3 Å². The van der Waals surface area contributed by atoms with E-state index in [1.807, 2.05) is 18.4 Å². The fourth-order valence-electron chi connectivity index (χ4n) is 4.02. The van der Waals surface area contributed by atoms with Gasteiger partial charge >= 0.3 is 0 Å². The van der Waals surface area contributed by atoms with E-state index in [-0.39, 0.29) is 29.8 Å². The molecule has 1 atom stereocenters. The van der Waals surface area contributed by atoms with Crippen LogP contribution < -0.4 is 10.6 Å². The molecule has 0 aromatic carbocycles. The smallest absolute Gasteiger partial charge is 0.234 e. The number of nitrogens with one attached hydrogen (secondary N) is 2. The summed E-state index contributed by atoms with van der Waals surface area (Å²) in [7, 11) is 0. The number of thiophene rings is 1. The Bertz CT molecular complexity index is 576. The van der Waals surface area contributed by atoms with Crippen LogP contribution in [0.5, 0.6) is 0 Å². The van der Waals surface area contributed by atoms with Crippen LogP contribution in [0.1, 0.15) is 62.8 Å². The van der Waals surface area contributed by atoms with Crippen LogP contribution in [0.2, 0.25) is 0 Å². The van der Waals surface area contributed by atoms with Gasteiger partial charge in [0.2, 0.25) is 11.8 Å². The van der Waals surface area contributed by atoms with Gasteiger partial charge in [-0.2, -0.15) is 0 Å². The molecule has 0 bridgehead atoms. The van der Waals surface area contributed by atoms with E-state index < -0.39 is 0 Å². The number of piperidine rings is 1. The van der Waals surface area contributed by atoms with Gasteiger partial charge < -0.3 is 10.6 Å². The zero-order valence-corrected chi connectivity index (χ0v) is 16.5. The minimum Gasteiger partial charge on any atom is -0.353 e.